The minimum atomic E-state index is 1.20. The van der Waals surface area contributed by atoms with Gasteiger partial charge in [0.25, 0.3) is 0 Å². The summed E-state index contributed by atoms with van der Waals surface area (Å²) < 4.78 is 0. The second-order valence-electron chi connectivity index (χ2n) is 8.82. The number of hydrogen-bond acceptors (Lipinski definition) is 0. The molecule has 4 aromatic carbocycles. The van der Waals surface area contributed by atoms with Crippen molar-refractivity contribution in [2.75, 3.05) is 0 Å². The van der Waals surface area contributed by atoms with Crippen LogP contribution in [0.3, 0.4) is 0 Å². The average Bonchev–Trinajstić information content (AvgIpc) is 3.42. The molecule has 4 aromatic rings. The Bertz CT molecular complexity index is 1570. The zero-order chi connectivity index (χ0) is 19.7. The van der Waals surface area contributed by atoms with Crippen molar-refractivity contribution in [3.63, 3.8) is 0 Å². The molecule has 0 radical (unpaired) electrons. The predicted molar refractivity (Wildman–Crippen MR) is 129 cm³/mol. The molecule has 0 heterocycles. The third-order valence-corrected chi connectivity index (χ3v) is 7.17. The second-order valence-corrected chi connectivity index (χ2v) is 8.82. The molecule has 0 saturated carbocycles. The molecule has 0 bridgehead atoms. The van der Waals surface area contributed by atoms with Crippen LogP contribution in [0.15, 0.2) is 66.7 Å². The number of allylic oxidation sites excluding steroid dienone is 2. The molecule has 3 aliphatic carbocycles. The highest BCUT2D eigenvalue weighted by molar-refractivity contribution is 6.15. The Morgan fingerprint density at radius 1 is 0.667 bits per heavy atom. The van der Waals surface area contributed by atoms with Crippen LogP contribution in [0, 0.1) is 0 Å². The Morgan fingerprint density at radius 3 is 2.60 bits per heavy atom. The van der Waals surface area contributed by atoms with Gasteiger partial charge in [-0.2, -0.15) is 0 Å². The Morgan fingerprint density at radius 2 is 1.60 bits per heavy atom. The van der Waals surface area contributed by atoms with Crippen LogP contribution in [-0.2, 0) is 12.8 Å². The van der Waals surface area contributed by atoms with E-state index in [1.54, 1.807) is 11.1 Å². The van der Waals surface area contributed by atoms with Crippen molar-refractivity contribution >= 4 is 45.3 Å². The number of benzene rings is 4. The van der Waals surface area contributed by atoms with Gasteiger partial charge in [-0.05, 0) is 109 Å². The topological polar surface area (TPSA) is 0 Å². The van der Waals surface area contributed by atoms with Crippen LogP contribution in [0.25, 0.3) is 45.3 Å². The molecule has 0 unspecified atom stereocenters. The summed E-state index contributed by atoms with van der Waals surface area (Å²) >= 11 is 0. The van der Waals surface area contributed by atoms with Crippen LogP contribution in [0.4, 0.5) is 0 Å². The summed E-state index contributed by atoms with van der Waals surface area (Å²) in [7, 11) is 0. The minimum absolute atomic E-state index is 1.20. The summed E-state index contributed by atoms with van der Waals surface area (Å²) in [4.78, 5) is 0. The maximum absolute atomic E-state index is 2.44. The Kier molecular flexibility index (Phi) is 3.32. The van der Waals surface area contributed by atoms with Crippen molar-refractivity contribution in [3.05, 3.63) is 105 Å². The molecule has 0 nitrogen and oxygen atoms in total. The molecule has 0 atom stereocenters. The van der Waals surface area contributed by atoms with E-state index in [0.29, 0.717) is 0 Å². The first-order valence-electron chi connectivity index (χ1n) is 11.1. The summed E-state index contributed by atoms with van der Waals surface area (Å²) in [6, 6.07) is 20.8. The minimum Gasteiger partial charge on any atom is -0.0616 e. The van der Waals surface area contributed by atoms with E-state index in [9.17, 15) is 0 Å². The Balaban J connectivity index is 1.59. The van der Waals surface area contributed by atoms with Gasteiger partial charge in [0.15, 0.2) is 0 Å². The van der Waals surface area contributed by atoms with Gasteiger partial charge in [0, 0.05) is 0 Å². The highest BCUT2D eigenvalue weighted by atomic mass is 14.2. The lowest BCUT2D eigenvalue weighted by Crippen LogP contribution is -2.14. The Hall–Kier alpha value is -3.38. The first kappa shape index (κ1) is 16.4. The molecule has 0 fully saturated rings. The third kappa shape index (κ3) is 2.22. The first-order valence-corrected chi connectivity index (χ1v) is 11.1. The van der Waals surface area contributed by atoms with Gasteiger partial charge >= 0.3 is 0 Å². The maximum Gasteiger partial charge on any atom is -0.00639 e. The van der Waals surface area contributed by atoms with Gasteiger partial charge in [0.2, 0.25) is 0 Å². The van der Waals surface area contributed by atoms with Crippen molar-refractivity contribution in [1.29, 1.82) is 0 Å². The molecule has 0 amide bonds. The van der Waals surface area contributed by atoms with Crippen LogP contribution in [0.2, 0.25) is 0 Å². The molecule has 0 spiro atoms. The molecule has 0 saturated heterocycles. The van der Waals surface area contributed by atoms with Crippen LogP contribution >= 0.6 is 0 Å². The van der Waals surface area contributed by atoms with E-state index in [-0.39, 0.29) is 0 Å². The van der Waals surface area contributed by atoms with E-state index in [4.69, 9.17) is 0 Å². The Labute approximate surface area is 176 Å². The van der Waals surface area contributed by atoms with Gasteiger partial charge < -0.3 is 0 Å². The van der Waals surface area contributed by atoms with E-state index in [1.807, 2.05) is 0 Å². The molecular formula is C30H22. The van der Waals surface area contributed by atoms with Gasteiger partial charge in [0.05, 0.1) is 0 Å². The van der Waals surface area contributed by atoms with Crippen molar-refractivity contribution in [3.8, 4) is 0 Å². The normalized spacial score (nSPS) is 16.1. The summed E-state index contributed by atoms with van der Waals surface area (Å²) in [5, 5.41) is 8.28. The lowest BCUT2D eigenvalue weighted by molar-refractivity contribution is 0.690. The second kappa shape index (κ2) is 6.06. The fourth-order valence-corrected chi connectivity index (χ4v) is 5.73. The number of aryl methyl sites for hydroxylation is 2. The lowest BCUT2D eigenvalue weighted by Gasteiger charge is -2.22. The maximum atomic E-state index is 2.44. The summed E-state index contributed by atoms with van der Waals surface area (Å²) in [6.45, 7) is 0. The molecule has 30 heavy (non-hydrogen) atoms. The quantitative estimate of drug-likeness (QED) is 0.359. The number of hydrogen-bond donors (Lipinski definition) is 0. The highest BCUT2D eigenvalue weighted by Gasteiger charge is 2.21. The fourth-order valence-electron chi connectivity index (χ4n) is 5.73. The van der Waals surface area contributed by atoms with Gasteiger partial charge in [-0.3, -0.25) is 0 Å². The lowest BCUT2D eigenvalue weighted by atomic mass is 9.82. The predicted octanol–water partition coefficient (Wildman–Crippen LogP) is 5.90. The molecule has 0 aliphatic heterocycles. The molecule has 142 valence electrons. The monoisotopic (exact) mass is 382 g/mol. The molecule has 0 aromatic heterocycles. The van der Waals surface area contributed by atoms with Crippen molar-refractivity contribution in [2.45, 2.75) is 25.7 Å². The molecular weight excluding hydrogens is 360 g/mol. The highest BCUT2D eigenvalue weighted by Crippen LogP contribution is 2.40. The van der Waals surface area contributed by atoms with Crippen LogP contribution in [-0.4, -0.2) is 0 Å². The van der Waals surface area contributed by atoms with Crippen LogP contribution in [0.1, 0.15) is 40.7 Å². The van der Waals surface area contributed by atoms with Gasteiger partial charge in [0.1, 0.15) is 0 Å². The molecule has 7 rings (SSSR count). The van der Waals surface area contributed by atoms with Crippen molar-refractivity contribution in [2.24, 2.45) is 0 Å². The third-order valence-electron chi connectivity index (χ3n) is 7.17. The van der Waals surface area contributed by atoms with E-state index < -0.39 is 0 Å². The van der Waals surface area contributed by atoms with E-state index in [1.165, 1.54) is 79.9 Å². The summed E-state index contributed by atoms with van der Waals surface area (Å²) in [5.74, 6) is 0. The zero-order valence-electron chi connectivity index (χ0n) is 16.9. The first-order chi connectivity index (χ1) is 14.9. The SMILES string of the molecule is C1=Cc2cc3c(cc2=C1)C(c1cc2ccccc2c2ccc4c(c12)CCCC4)=CC=3. The van der Waals surface area contributed by atoms with Crippen molar-refractivity contribution < 1.29 is 0 Å². The van der Waals surface area contributed by atoms with Crippen LogP contribution < -0.4 is 10.4 Å². The van der Waals surface area contributed by atoms with Gasteiger partial charge in [-0.1, -0.05) is 66.8 Å². The standard InChI is InChI=1S/C30H22/c1-4-11-25-19(6-1)12-15-27-24-10-3-2-7-22(24)18-29(30(25)27)26-14-13-23-16-20-8-5-9-21(20)17-28(23)26/h2-3,5,7-10,12-18H,1,4,6,11H2. The van der Waals surface area contributed by atoms with E-state index in [0.717, 1.165) is 0 Å². The molecule has 0 N–H and O–H groups in total. The summed E-state index contributed by atoms with van der Waals surface area (Å²) in [6.07, 6.45) is 16.3. The zero-order valence-corrected chi connectivity index (χ0v) is 16.9. The molecule has 3 aliphatic rings. The van der Waals surface area contributed by atoms with E-state index >= 15 is 0 Å². The van der Waals surface area contributed by atoms with Gasteiger partial charge in [-0.25, -0.2) is 0 Å². The van der Waals surface area contributed by atoms with Gasteiger partial charge in [-0.15, -0.1) is 0 Å². The smallest absolute Gasteiger partial charge is 0.00639 e. The number of fused-ring (bicyclic) bond motifs is 7. The average molecular weight is 383 g/mol. The number of rotatable bonds is 1. The summed E-state index contributed by atoms with van der Waals surface area (Å²) in [5.41, 5.74) is 8.63. The van der Waals surface area contributed by atoms with Crippen LogP contribution in [0.5, 0.6) is 0 Å². The van der Waals surface area contributed by atoms with Crippen molar-refractivity contribution in [1.82, 2.24) is 0 Å². The fraction of sp³-hybridized carbons (Fsp3) is 0.133. The largest absolute Gasteiger partial charge is 0.0616 e. The molecule has 0 heteroatoms. The van der Waals surface area contributed by atoms with E-state index in [2.05, 4.69) is 85.0 Å².